The smallest absolute Gasteiger partial charge is 0.287 e. The molecule has 0 aliphatic carbocycles. The van der Waals surface area contributed by atoms with Gasteiger partial charge in [0.25, 0.3) is 5.91 Å². The summed E-state index contributed by atoms with van der Waals surface area (Å²) in [6.45, 7) is 4.03. The van der Waals surface area contributed by atoms with E-state index in [1.807, 2.05) is 42.2 Å². The predicted octanol–water partition coefficient (Wildman–Crippen LogP) is 2.36. The first-order valence-corrected chi connectivity index (χ1v) is 10.5. The maximum absolute atomic E-state index is 12.9. The molecule has 2 fully saturated rings. The lowest BCUT2D eigenvalue weighted by molar-refractivity contribution is -0.136. The highest BCUT2D eigenvalue weighted by Gasteiger charge is 2.37. The Morgan fingerprint density at radius 3 is 2.53 bits per heavy atom. The highest BCUT2D eigenvalue weighted by molar-refractivity contribution is 5.93. The molecule has 158 valence electrons. The van der Waals surface area contributed by atoms with Crippen molar-refractivity contribution >= 4 is 17.7 Å². The molecule has 2 aliphatic heterocycles. The van der Waals surface area contributed by atoms with Gasteiger partial charge in [0.05, 0.1) is 12.2 Å². The molecule has 3 heterocycles. The fourth-order valence-electron chi connectivity index (χ4n) is 4.25. The SMILES string of the molecule is Cc1ccoc1C(=O)NC1CCN(C(=O)C2CC(=O)N(Cc3ccccc3)C2)CC1. The second-order valence-electron chi connectivity index (χ2n) is 8.17. The third-order valence-electron chi connectivity index (χ3n) is 5.99. The molecular weight excluding hydrogens is 382 g/mol. The van der Waals surface area contributed by atoms with Gasteiger partial charge >= 0.3 is 0 Å². The van der Waals surface area contributed by atoms with Crippen LogP contribution in [0, 0.1) is 12.8 Å². The van der Waals surface area contributed by atoms with Crippen LogP contribution in [0.25, 0.3) is 0 Å². The number of nitrogens with one attached hydrogen (secondary N) is 1. The molecule has 2 aliphatic rings. The summed E-state index contributed by atoms with van der Waals surface area (Å²) in [5, 5.41) is 3.00. The Morgan fingerprint density at radius 2 is 1.87 bits per heavy atom. The van der Waals surface area contributed by atoms with Gasteiger partial charge in [0.2, 0.25) is 11.8 Å². The molecule has 1 N–H and O–H groups in total. The quantitative estimate of drug-likeness (QED) is 0.822. The van der Waals surface area contributed by atoms with Gasteiger partial charge in [-0.15, -0.1) is 0 Å². The average molecular weight is 409 g/mol. The van der Waals surface area contributed by atoms with E-state index in [-0.39, 0.29) is 36.1 Å². The summed E-state index contributed by atoms with van der Waals surface area (Å²) in [6.07, 6.45) is 3.19. The van der Waals surface area contributed by atoms with Crippen molar-refractivity contribution in [3.05, 3.63) is 59.5 Å². The fraction of sp³-hybridized carbons (Fsp3) is 0.435. The van der Waals surface area contributed by atoms with Crippen LogP contribution in [0.2, 0.25) is 0 Å². The first-order chi connectivity index (χ1) is 14.5. The summed E-state index contributed by atoms with van der Waals surface area (Å²) in [5.74, 6) is -0.0615. The number of aryl methyl sites for hydroxylation is 1. The monoisotopic (exact) mass is 409 g/mol. The molecule has 7 heteroatoms. The summed E-state index contributed by atoms with van der Waals surface area (Å²) in [5.41, 5.74) is 1.88. The van der Waals surface area contributed by atoms with E-state index in [0.717, 1.165) is 11.1 Å². The molecule has 1 aromatic carbocycles. The van der Waals surface area contributed by atoms with Crippen LogP contribution in [0.3, 0.4) is 0 Å². The minimum atomic E-state index is -0.280. The highest BCUT2D eigenvalue weighted by Crippen LogP contribution is 2.24. The topological polar surface area (TPSA) is 82.9 Å². The zero-order chi connectivity index (χ0) is 21.1. The normalized spacial score (nSPS) is 19.9. The number of nitrogens with zero attached hydrogens (tertiary/aromatic N) is 2. The van der Waals surface area contributed by atoms with Gasteiger partial charge < -0.3 is 19.5 Å². The number of carbonyl (C=O) groups excluding carboxylic acids is 3. The van der Waals surface area contributed by atoms with Crippen molar-refractivity contribution in [1.82, 2.24) is 15.1 Å². The van der Waals surface area contributed by atoms with E-state index in [9.17, 15) is 14.4 Å². The van der Waals surface area contributed by atoms with E-state index >= 15 is 0 Å². The number of benzene rings is 1. The zero-order valence-corrected chi connectivity index (χ0v) is 17.2. The van der Waals surface area contributed by atoms with Crippen LogP contribution in [0.5, 0.6) is 0 Å². The lowest BCUT2D eigenvalue weighted by Gasteiger charge is -2.33. The molecule has 7 nitrogen and oxygen atoms in total. The molecule has 0 radical (unpaired) electrons. The van der Waals surface area contributed by atoms with Gasteiger partial charge in [0.1, 0.15) is 0 Å². The minimum Gasteiger partial charge on any atom is -0.459 e. The lowest BCUT2D eigenvalue weighted by Crippen LogP contribution is -2.48. The minimum absolute atomic E-state index is 0.0193. The summed E-state index contributed by atoms with van der Waals surface area (Å²) >= 11 is 0. The number of hydrogen-bond acceptors (Lipinski definition) is 4. The number of carbonyl (C=O) groups is 3. The lowest BCUT2D eigenvalue weighted by atomic mass is 10.0. The van der Waals surface area contributed by atoms with Crippen LogP contribution in [-0.2, 0) is 16.1 Å². The second kappa shape index (κ2) is 8.73. The maximum atomic E-state index is 12.9. The predicted molar refractivity (Wildman–Crippen MR) is 110 cm³/mol. The summed E-state index contributed by atoms with van der Waals surface area (Å²) < 4.78 is 5.24. The fourth-order valence-corrected chi connectivity index (χ4v) is 4.25. The Bertz CT molecular complexity index is 916. The molecule has 0 spiro atoms. The molecule has 2 aromatic rings. The van der Waals surface area contributed by atoms with E-state index in [2.05, 4.69) is 5.32 Å². The molecular formula is C23H27N3O4. The third kappa shape index (κ3) is 4.40. The standard InChI is InChI=1S/C23H27N3O4/c1-16-9-12-30-21(16)22(28)24-19-7-10-25(11-8-19)23(29)18-13-20(27)26(15-18)14-17-5-3-2-4-6-17/h2-6,9,12,18-19H,7-8,10-11,13-15H2,1H3,(H,24,28). The van der Waals surface area contributed by atoms with E-state index in [1.165, 1.54) is 6.26 Å². The van der Waals surface area contributed by atoms with Gasteiger partial charge in [-0.2, -0.15) is 0 Å². The Hall–Kier alpha value is -3.09. The Balaban J connectivity index is 1.27. The van der Waals surface area contributed by atoms with Crippen LogP contribution in [0.4, 0.5) is 0 Å². The van der Waals surface area contributed by atoms with Crippen molar-refractivity contribution in [2.24, 2.45) is 5.92 Å². The Kier molecular flexibility index (Phi) is 5.88. The van der Waals surface area contributed by atoms with Gasteiger partial charge in [-0.1, -0.05) is 30.3 Å². The van der Waals surface area contributed by atoms with Crippen LogP contribution >= 0.6 is 0 Å². The van der Waals surface area contributed by atoms with Crippen LogP contribution in [0.1, 0.15) is 40.9 Å². The molecule has 0 bridgehead atoms. The van der Waals surface area contributed by atoms with Gasteiger partial charge in [-0.3, -0.25) is 14.4 Å². The number of hydrogen-bond donors (Lipinski definition) is 1. The van der Waals surface area contributed by atoms with Crippen molar-refractivity contribution in [3.63, 3.8) is 0 Å². The summed E-state index contributed by atoms with van der Waals surface area (Å²) in [6, 6.07) is 11.6. The van der Waals surface area contributed by atoms with Crippen LogP contribution < -0.4 is 5.32 Å². The largest absolute Gasteiger partial charge is 0.459 e. The van der Waals surface area contributed by atoms with Crippen molar-refractivity contribution in [2.45, 2.75) is 38.8 Å². The Morgan fingerprint density at radius 1 is 1.13 bits per heavy atom. The number of rotatable bonds is 5. The maximum Gasteiger partial charge on any atom is 0.287 e. The molecule has 1 unspecified atom stereocenters. The first-order valence-electron chi connectivity index (χ1n) is 10.5. The molecule has 2 saturated heterocycles. The van der Waals surface area contributed by atoms with Gasteiger partial charge in [-0.25, -0.2) is 0 Å². The van der Waals surface area contributed by atoms with Crippen LogP contribution in [0.15, 0.2) is 47.1 Å². The van der Waals surface area contributed by atoms with E-state index in [0.29, 0.717) is 44.8 Å². The van der Waals surface area contributed by atoms with E-state index < -0.39 is 0 Å². The number of likely N-dealkylation sites (tertiary alicyclic amines) is 2. The summed E-state index contributed by atoms with van der Waals surface area (Å²) in [7, 11) is 0. The van der Waals surface area contributed by atoms with E-state index in [1.54, 1.807) is 11.0 Å². The van der Waals surface area contributed by atoms with Crippen molar-refractivity contribution < 1.29 is 18.8 Å². The van der Waals surface area contributed by atoms with Crippen molar-refractivity contribution in [1.29, 1.82) is 0 Å². The van der Waals surface area contributed by atoms with Crippen LogP contribution in [-0.4, -0.2) is 53.2 Å². The Labute approximate surface area is 176 Å². The van der Waals surface area contributed by atoms with Crippen molar-refractivity contribution in [2.75, 3.05) is 19.6 Å². The number of piperidine rings is 1. The van der Waals surface area contributed by atoms with Gasteiger partial charge in [0.15, 0.2) is 5.76 Å². The number of furan rings is 1. The van der Waals surface area contributed by atoms with Gasteiger partial charge in [-0.05, 0) is 31.4 Å². The average Bonchev–Trinajstić information content (AvgIpc) is 3.34. The molecule has 30 heavy (non-hydrogen) atoms. The molecule has 0 saturated carbocycles. The summed E-state index contributed by atoms with van der Waals surface area (Å²) in [4.78, 5) is 41.3. The zero-order valence-electron chi connectivity index (χ0n) is 17.2. The number of amides is 3. The highest BCUT2D eigenvalue weighted by atomic mass is 16.3. The van der Waals surface area contributed by atoms with Crippen molar-refractivity contribution in [3.8, 4) is 0 Å². The molecule has 3 amide bonds. The third-order valence-corrected chi connectivity index (χ3v) is 5.99. The second-order valence-corrected chi connectivity index (χ2v) is 8.17. The molecule has 1 aromatic heterocycles. The molecule has 1 atom stereocenters. The van der Waals surface area contributed by atoms with Gasteiger partial charge in [0, 0.05) is 44.2 Å². The van der Waals surface area contributed by atoms with E-state index in [4.69, 9.17) is 4.42 Å². The molecule has 4 rings (SSSR count). The first kappa shape index (κ1) is 20.2.